The Bertz CT molecular complexity index is 818. The Morgan fingerprint density at radius 3 is 2.57 bits per heavy atom. The minimum atomic E-state index is -0.115. The van der Waals surface area contributed by atoms with Crippen LogP contribution in [0.3, 0.4) is 0 Å². The summed E-state index contributed by atoms with van der Waals surface area (Å²) in [6, 6.07) is 15.0. The molecular weight excluding hydrogens is 352 g/mol. The molecule has 28 heavy (non-hydrogen) atoms. The van der Waals surface area contributed by atoms with Crippen molar-refractivity contribution < 1.29 is 14.6 Å². The normalized spacial score (nSPS) is 23.1. The number of phenolic OH excluding ortho intramolecular Hbond substituents is 1. The summed E-state index contributed by atoms with van der Waals surface area (Å²) in [6.45, 7) is 6.03. The summed E-state index contributed by atoms with van der Waals surface area (Å²) >= 11 is 0. The number of likely N-dealkylation sites (tertiary alicyclic amines) is 1. The zero-order chi connectivity index (χ0) is 19.5. The van der Waals surface area contributed by atoms with Crippen molar-refractivity contribution in [3.05, 3.63) is 65.2 Å². The number of aromatic hydroxyl groups is 1. The van der Waals surface area contributed by atoms with Crippen molar-refractivity contribution in [2.24, 2.45) is 0 Å². The molecule has 0 aliphatic carbocycles. The molecule has 2 heterocycles. The first-order valence-corrected chi connectivity index (χ1v) is 10.1. The molecule has 0 bridgehead atoms. The molecule has 2 saturated heterocycles. The van der Waals surface area contributed by atoms with Crippen LogP contribution < -0.4 is 0 Å². The molecule has 148 valence electrons. The number of hydrogen-bond acceptors (Lipinski definition) is 4. The second kappa shape index (κ2) is 8.33. The average molecular weight is 380 g/mol. The summed E-state index contributed by atoms with van der Waals surface area (Å²) in [6.07, 6.45) is 2.42. The lowest BCUT2D eigenvalue weighted by Crippen LogP contribution is -2.51. The van der Waals surface area contributed by atoms with Gasteiger partial charge in [-0.1, -0.05) is 30.3 Å². The highest BCUT2D eigenvalue weighted by atomic mass is 16.5. The number of carbonyl (C=O) groups is 1. The maximum atomic E-state index is 13.5. The number of morpholine rings is 1. The van der Waals surface area contributed by atoms with Crippen LogP contribution in [0.5, 0.6) is 5.75 Å². The molecule has 2 aliphatic heterocycles. The molecule has 1 N–H and O–H groups in total. The number of phenols is 1. The predicted octanol–water partition coefficient (Wildman–Crippen LogP) is 3.38. The first-order chi connectivity index (χ1) is 13.6. The van der Waals surface area contributed by atoms with Gasteiger partial charge in [0.2, 0.25) is 0 Å². The number of benzene rings is 2. The van der Waals surface area contributed by atoms with Crippen LogP contribution in [0.25, 0.3) is 0 Å². The van der Waals surface area contributed by atoms with Crippen molar-refractivity contribution in [2.45, 2.75) is 31.9 Å². The minimum absolute atomic E-state index is 0.000995. The Hall–Kier alpha value is -2.37. The first-order valence-electron chi connectivity index (χ1n) is 10.1. The Morgan fingerprint density at radius 1 is 1.11 bits per heavy atom. The van der Waals surface area contributed by atoms with Crippen molar-refractivity contribution in [3.8, 4) is 5.75 Å². The van der Waals surface area contributed by atoms with Gasteiger partial charge in [0.1, 0.15) is 5.75 Å². The summed E-state index contributed by atoms with van der Waals surface area (Å²) in [4.78, 5) is 17.9. The molecular formula is C23H28N2O3. The highest BCUT2D eigenvalue weighted by Gasteiger charge is 2.38. The topological polar surface area (TPSA) is 53.0 Å². The predicted molar refractivity (Wildman–Crippen MR) is 108 cm³/mol. The van der Waals surface area contributed by atoms with Gasteiger partial charge in [0.15, 0.2) is 0 Å². The third-order valence-electron chi connectivity index (χ3n) is 5.83. The summed E-state index contributed by atoms with van der Waals surface area (Å²) in [5, 5.41) is 9.71. The van der Waals surface area contributed by atoms with Crippen LogP contribution in [-0.2, 0) is 4.74 Å². The molecule has 0 aromatic heterocycles. The lowest BCUT2D eigenvalue weighted by atomic mass is 9.96. The van der Waals surface area contributed by atoms with Crippen LogP contribution in [0.2, 0.25) is 0 Å². The summed E-state index contributed by atoms with van der Waals surface area (Å²) in [5.74, 6) is 0.184. The first kappa shape index (κ1) is 19.0. The molecule has 5 heteroatoms. The molecule has 0 unspecified atom stereocenters. The highest BCUT2D eigenvalue weighted by Crippen LogP contribution is 2.33. The zero-order valence-electron chi connectivity index (χ0n) is 16.4. The molecule has 0 saturated carbocycles. The van der Waals surface area contributed by atoms with Gasteiger partial charge < -0.3 is 19.6 Å². The number of amides is 1. The maximum Gasteiger partial charge on any atom is 0.254 e. The SMILES string of the molecule is Cc1cc(O)ccc1C(=O)N1CCO[C@@H](CN2CCCC2)[C@@H]1c1ccccc1. The molecule has 2 atom stereocenters. The Labute approximate surface area is 166 Å². The van der Waals surface area contributed by atoms with Gasteiger partial charge in [-0.25, -0.2) is 0 Å². The molecule has 1 amide bonds. The van der Waals surface area contributed by atoms with Crippen molar-refractivity contribution in [3.63, 3.8) is 0 Å². The van der Waals surface area contributed by atoms with E-state index >= 15 is 0 Å². The number of aryl methyl sites for hydroxylation is 1. The maximum absolute atomic E-state index is 13.5. The van der Waals surface area contributed by atoms with Gasteiger partial charge in [0.05, 0.1) is 18.8 Å². The largest absolute Gasteiger partial charge is 0.508 e. The Balaban J connectivity index is 1.66. The van der Waals surface area contributed by atoms with Crippen molar-refractivity contribution in [2.75, 3.05) is 32.8 Å². The molecule has 2 aliphatic rings. The standard InChI is InChI=1S/C23H28N2O3/c1-17-15-19(26)9-10-20(17)23(27)25-13-14-28-21(16-24-11-5-6-12-24)22(25)18-7-3-2-4-8-18/h2-4,7-10,15,21-22,26H,5-6,11-14,16H2,1H3/t21-,22-/m0/s1. The molecule has 5 nitrogen and oxygen atoms in total. The van der Waals surface area contributed by atoms with Crippen LogP contribution in [0, 0.1) is 6.92 Å². The van der Waals surface area contributed by atoms with Crippen LogP contribution in [0.4, 0.5) is 0 Å². The summed E-state index contributed by atoms with van der Waals surface area (Å²) in [7, 11) is 0. The number of nitrogens with zero attached hydrogens (tertiary/aromatic N) is 2. The third kappa shape index (κ3) is 3.91. The van der Waals surface area contributed by atoms with E-state index in [1.807, 2.05) is 30.0 Å². The molecule has 2 aromatic carbocycles. The fourth-order valence-electron chi connectivity index (χ4n) is 4.42. The Kier molecular flexibility index (Phi) is 5.64. The van der Waals surface area contributed by atoms with Gasteiger partial charge >= 0.3 is 0 Å². The fourth-order valence-corrected chi connectivity index (χ4v) is 4.42. The Morgan fingerprint density at radius 2 is 1.86 bits per heavy atom. The van der Waals surface area contributed by atoms with Crippen LogP contribution in [-0.4, -0.2) is 59.7 Å². The number of hydrogen-bond donors (Lipinski definition) is 1. The quantitative estimate of drug-likeness (QED) is 0.884. The number of carbonyl (C=O) groups excluding carboxylic acids is 1. The number of rotatable bonds is 4. The lowest BCUT2D eigenvalue weighted by Gasteiger charge is -2.43. The summed E-state index contributed by atoms with van der Waals surface area (Å²) in [5.41, 5.74) is 2.54. The van der Waals surface area contributed by atoms with Crippen molar-refractivity contribution in [1.29, 1.82) is 0 Å². The van der Waals surface area contributed by atoms with E-state index in [2.05, 4.69) is 17.0 Å². The lowest BCUT2D eigenvalue weighted by molar-refractivity contribution is -0.0707. The molecule has 2 aromatic rings. The van der Waals surface area contributed by atoms with E-state index < -0.39 is 0 Å². The average Bonchev–Trinajstić information content (AvgIpc) is 3.21. The van der Waals surface area contributed by atoms with Crippen LogP contribution in [0.1, 0.15) is 40.4 Å². The third-order valence-corrected chi connectivity index (χ3v) is 5.83. The van der Waals surface area contributed by atoms with E-state index in [1.165, 1.54) is 12.8 Å². The smallest absolute Gasteiger partial charge is 0.254 e. The van der Waals surface area contributed by atoms with Crippen LogP contribution in [0.15, 0.2) is 48.5 Å². The van der Waals surface area contributed by atoms with E-state index in [1.54, 1.807) is 18.2 Å². The molecule has 0 spiro atoms. The van der Waals surface area contributed by atoms with E-state index in [9.17, 15) is 9.90 Å². The van der Waals surface area contributed by atoms with Crippen molar-refractivity contribution >= 4 is 5.91 Å². The van der Waals surface area contributed by atoms with Gasteiger partial charge in [-0.15, -0.1) is 0 Å². The second-order valence-electron chi connectivity index (χ2n) is 7.77. The minimum Gasteiger partial charge on any atom is -0.508 e. The second-order valence-corrected chi connectivity index (χ2v) is 7.77. The van der Waals surface area contributed by atoms with E-state index in [0.717, 1.165) is 30.8 Å². The van der Waals surface area contributed by atoms with Gasteiger partial charge in [-0.3, -0.25) is 4.79 Å². The van der Waals surface area contributed by atoms with E-state index in [0.29, 0.717) is 18.7 Å². The molecule has 4 rings (SSSR count). The molecule has 0 radical (unpaired) electrons. The van der Waals surface area contributed by atoms with Gasteiger partial charge in [-0.05, 0) is 62.2 Å². The zero-order valence-corrected chi connectivity index (χ0v) is 16.4. The fraction of sp³-hybridized carbons (Fsp3) is 0.435. The van der Waals surface area contributed by atoms with Crippen molar-refractivity contribution in [1.82, 2.24) is 9.80 Å². The molecule has 2 fully saturated rings. The van der Waals surface area contributed by atoms with Gasteiger partial charge in [0.25, 0.3) is 5.91 Å². The van der Waals surface area contributed by atoms with Gasteiger partial charge in [0, 0.05) is 18.7 Å². The number of ether oxygens (including phenoxy) is 1. The van der Waals surface area contributed by atoms with Gasteiger partial charge in [-0.2, -0.15) is 0 Å². The summed E-state index contributed by atoms with van der Waals surface area (Å²) < 4.78 is 6.20. The highest BCUT2D eigenvalue weighted by molar-refractivity contribution is 5.96. The monoisotopic (exact) mass is 380 g/mol. The van der Waals surface area contributed by atoms with E-state index in [-0.39, 0.29) is 23.8 Å². The van der Waals surface area contributed by atoms with E-state index in [4.69, 9.17) is 4.74 Å². The van der Waals surface area contributed by atoms with Crippen LogP contribution >= 0.6 is 0 Å².